The van der Waals surface area contributed by atoms with Crippen molar-refractivity contribution in [2.75, 3.05) is 5.32 Å². The molecule has 0 aliphatic heterocycles. The van der Waals surface area contributed by atoms with Crippen molar-refractivity contribution < 1.29 is 31.5 Å². The van der Waals surface area contributed by atoms with Crippen LogP contribution in [0.1, 0.15) is 5.56 Å². The van der Waals surface area contributed by atoms with Gasteiger partial charge in [0.15, 0.2) is 16.7 Å². The van der Waals surface area contributed by atoms with Gasteiger partial charge >= 0.3 is 12.1 Å². The number of ether oxygens (including phenoxy) is 1. The molecule has 4 aromatic rings. The largest absolute Gasteiger partial charge is 0.573 e. The van der Waals surface area contributed by atoms with Crippen molar-refractivity contribution in [3.05, 3.63) is 61.0 Å². The summed E-state index contributed by atoms with van der Waals surface area (Å²) in [5, 5.41) is 3.74. The standard InChI is InChI=1S/C20H13ClF4N4O5S/c1-28-16(31)14-9(15(21)33-17(14)29(2)19(28)32)6-13(30)27-18-26-11(7-35-18)8-3-4-10(22)12(5-8)34-20(23,24)25/h3-5,7H,6H2,1-2H3,(H,26,27,30). The Morgan fingerprint density at radius 1 is 1.26 bits per heavy atom. The molecule has 0 spiro atoms. The van der Waals surface area contributed by atoms with Gasteiger partial charge in [0.2, 0.25) is 16.8 Å². The number of anilines is 1. The molecule has 9 nitrogen and oxygen atoms in total. The van der Waals surface area contributed by atoms with Crippen molar-refractivity contribution >= 4 is 45.1 Å². The first-order valence-electron chi connectivity index (χ1n) is 9.53. The summed E-state index contributed by atoms with van der Waals surface area (Å²) in [7, 11) is 2.65. The van der Waals surface area contributed by atoms with Crippen LogP contribution >= 0.6 is 22.9 Å². The van der Waals surface area contributed by atoms with E-state index in [-0.39, 0.29) is 38.3 Å². The minimum Gasteiger partial charge on any atom is -0.427 e. The maximum atomic E-state index is 13.7. The highest BCUT2D eigenvalue weighted by Crippen LogP contribution is 2.32. The predicted molar refractivity (Wildman–Crippen MR) is 118 cm³/mol. The van der Waals surface area contributed by atoms with Crippen molar-refractivity contribution in [2.24, 2.45) is 14.1 Å². The first-order chi connectivity index (χ1) is 16.4. The predicted octanol–water partition coefficient (Wildman–Crippen LogP) is 3.83. The van der Waals surface area contributed by atoms with Gasteiger partial charge in [-0.2, -0.15) is 0 Å². The van der Waals surface area contributed by atoms with Gasteiger partial charge < -0.3 is 14.5 Å². The van der Waals surface area contributed by atoms with Gasteiger partial charge in [0.25, 0.3) is 5.56 Å². The third-order valence-electron chi connectivity index (χ3n) is 4.88. The van der Waals surface area contributed by atoms with Crippen LogP contribution < -0.4 is 21.3 Å². The van der Waals surface area contributed by atoms with E-state index >= 15 is 0 Å². The number of carbonyl (C=O) groups is 1. The van der Waals surface area contributed by atoms with Crippen molar-refractivity contribution in [1.82, 2.24) is 14.1 Å². The minimum atomic E-state index is -5.08. The van der Waals surface area contributed by atoms with Crippen molar-refractivity contribution in [2.45, 2.75) is 12.8 Å². The van der Waals surface area contributed by atoms with Crippen molar-refractivity contribution in [3.8, 4) is 17.0 Å². The lowest BCUT2D eigenvalue weighted by atomic mass is 10.1. The summed E-state index contributed by atoms with van der Waals surface area (Å²) in [4.78, 5) is 41.3. The fourth-order valence-corrected chi connectivity index (χ4v) is 4.23. The minimum absolute atomic E-state index is 0.0296. The number of amides is 1. The average molecular weight is 533 g/mol. The topological polar surface area (TPSA) is 108 Å². The third-order valence-corrected chi connectivity index (χ3v) is 5.94. The summed E-state index contributed by atoms with van der Waals surface area (Å²) in [6.45, 7) is 0. The fourth-order valence-electron chi connectivity index (χ4n) is 3.26. The highest BCUT2D eigenvalue weighted by molar-refractivity contribution is 7.14. The molecule has 0 saturated heterocycles. The van der Waals surface area contributed by atoms with Gasteiger partial charge in [0.1, 0.15) is 5.39 Å². The van der Waals surface area contributed by atoms with Gasteiger partial charge in [-0.05, 0) is 29.8 Å². The van der Waals surface area contributed by atoms with Crippen LogP contribution in [0.4, 0.5) is 22.7 Å². The van der Waals surface area contributed by atoms with E-state index in [4.69, 9.17) is 16.0 Å². The summed E-state index contributed by atoms with van der Waals surface area (Å²) in [5.74, 6) is -2.86. The maximum Gasteiger partial charge on any atom is 0.573 e. The molecule has 3 aromatic heterocycles. The Morgan fingerprint density at radius 3 is 2.66 bits per heavy atom. The molecule has 0 saturated carbocycles. The molecule has 35 heavy (non-hydrogen) atoms. The molecule has 0 fully saturated rings. The highest BCUT2D eigenvalue weighted by Gasteiger charge is 2.32. The normalized spacial score (nSPS) is 11.7. The molecule has 0 unspecified atom stereocenters. The van der Waals surface area contributed by atoms with E-state index in [0.29, 0.717) is 0 Å². The lowest BCUT2D eigenvalue weighted by molar-refractivity contribution is -0.275. The molecule has 0 aliphatic rings. The molecule has 184 valence electrons. The molecule has 1 N–H and O–H groups in total. The van der Waals surface area contributed by atoms with Gasteiger partial charge in [0.05, 0.1) is 12.1 Å². The van der Waals surface area contributed by atoms with E-state index in [1.54, 1.807) is 0 Å². The van der Waals surface area contributed by atoms with Crippen LogP contribution in [-0.2, 0) is 25.3 Å². The average Bonchev–Trinajstić information content (AvgIpc) is 3.36. The van der Waals surface area contributed by atoms with Gasteiger partial charge in [-0.1, -0.05) is 0 Å². The Morgan fingerprint density at radius 2 is 1.97 bits per heavy atom. The molecule has 15 heteroatoms. The number of nitrogens with one attached hydrogen (secondary N) is 1. The van der Waals surface area contributed by atoms with Crippen LogP contribution in [0.3, 0.4) is 0 Å². The van der Waals surface area contributed by atoms with E-state index < -0.39 is 41.5 Å². The number of furan rings is 1. The maximum absolute atomic E-state index is 13.7. The summed E-state index contributed by atoms with van der Waals surface area (Å²) in [6.07, 6.45) is -5.47. The molecule has 0 radical (unpaired) electrons. The number of thiazole rings is 1. The summed E-state index contributed by atoms with van der Waals surface area (Å²) in [5.41, 5.74) is -1.06. The first kappa shape index (κ1) is 24.5. The van der Waals surface area contributed by atoms with Gasteiger partial charge in [-0.3, -0.25) is 18.7 Å². The Hall–Kier alpha value is -3.65. The number of hydrogen-bond donors (Lipinski definition) is 1. The number of carbonyl (C=O) groups excluding carboxylic acids is 1. The molecule has 4 rings (SSSR count). The molecule has 0 bridgehead atoms. The number of nitrogens with zero attached hydrogens (tertiary/aromatic N) is 3. The van der Waals surface area contributed by atoms with Crippen LogP contribution in [0.25, 0.3) is 22.4 Å². The smallest absolute Gasteiger partial charge is 0.427 e. The third kappa shape index (κ3) is 4.79. The van der Waals surface area contributed by atoms with Crippen LogP contribution in [0.15, 0.2) is 37.6 Å². The summed E-state index contributed by atoms with van der Waals surface area (Å²) >= 11 is 7.03. The number of aromatic nitrogens is 3. The second-order valence-corrected chi connectivity index (χ2v) is 8.40. The van der Waals surface area contributed by atoms with Crippen LogP contribution in [0.5, 0.6) is 5.75 Å². The summed E-state index contributed by atoms with van der Waals surface area (Å²) < 4.78 is 62.0. The molecular weight excluding hydrogens is 520 g/mol. The number of alkyl halides is 3. The van der Waals surface area contributed by atoms with Crippen molar-refractivity contribution in [1.29, 1.82) is 0 Å². The van der Waals surface area contributed by atoms with Crippen LogP contribution in [0, 0.1) is 5.82 Å². The lowest BCUT2D eigenvalue weighted by Gasteiger charge is -2.10. The summed E-state index contributed by atoms with van der Waals surface area (Å²) in [6, 6.07) is 2.84. The zero-order valence-electron chi connectivity index (χ0n) is 17.7. The van der Waals surface area contributed by atoms with Crippen molar-refractivity contribution in [3.63, 3.8) is 0 Å². The number of fused-ring (bicyclic) bond motifs is 1. The number of hydrogen-bond acceptors (Lipinski definition) is 7. The first-order valence-corrected chi connectivity index (χ1v) is 10.8. The molecule has 1 amide bonds. The second-order valence-electron chi connectivity index (χ2n) is 7.20. The second kappa shape index (κ2) is 8.85. The SMILES string of the molecule is Cn1c(=O)c2c(CC(=O)Nc3nc(-c4ccc(F)c(OC(F)(F)F)c4)cs3)c(Cl)oc2n(C)c1=O. The zero-order valence-corrected chi connectivity index (χ0v) is 19.3. The Kier molecular flexibility index (Phi) is 6.19. The highest BCUT2D eigenvalue weighted by atomic mass is 35.5. The van der Waals surface area contributed by atoms with E-state index in [0.717, 1.165) is 32.6 Å². The molecular formula is C20H13ClF4N4O5S. The van der Waals surface area contributed by atoms with E-state index in [2.05, 4.69) is 15.0 Å². The molecule has 0 aliphatic carbocycles. The van der Waals surface area contributed by atoms with Gasteiger partial charge in [0, 0.05) is 30.6 Å². The number of aryl methyl sites for hydroxylation is 1. The Labute approximate surface area is 201 Å². The van der Waals surface area contributed by atoms with Crippen LogP contribution in [0.2, 0.25) is 5.22 Å². The quantitative estimate of drug-likeness (QED) is 0.391. The van der Waals surface area contributed by atoms with E-state index in [1.165, 1.54) is 25.5 Å². The van der Waals surface area contributed by atoms with E-state index in [9.17, 15) is 31.9 Å². The zero-order chi connectivity index (χ0) is 25.7. The van der Waals surface area contributed by atoms with Gasteiger partial charge in [-0.25, -0.2) is 14.2 Å². The fraction of sp³-hybridized carbons (Fsp3) is 0.200. The van der Waals surface area contributed by atoms with E-state index in [1.807, 2.05) is 0 Å². The van der Waals surface area contributed by atoms with Gasteiger partial charge in [-0.15, -0.1) is 24.5 Å². The number of benzene rings is 1. The molecule has 0 atom stereocenters. The Balaban J connectivity index is 1.57. The number of halogens is 5. The Bertz CT molecular complexity index is 1590. The monoisotopic (exact) mass is 532 g/mol. The number of rotatable bonds is 5. The lowest BCUT2D eigenvalue weighted by Crippen LogP contribution is -2.36. The van der Waals surface area contributed by atoms with Crippen LogP contribution in [-0.4, -0.2) is 26.4 Å². The molecule has 3 heterocycles. The molecule has 1 aromatic carbocycles.